The maximum Gasteiger partial charge on any atom is 0.223 e. The van der Waals surface area contributed by atoms with Gasteiger partial charge in [-0.25, -0.2) is 0 Å². The monoisotopic (exact) mass is 239 g/mol. The minimum atomic E-state index is -0.369. The summed E-state index contributed by atoms with van der Waals surface area (Å²) in [7, 11) is 0. The highest BCUT2D eigenvalue weighted by atomic mass is 35.5. The normalized spacial score (nSPS) is 11.6. The molecular formula is C13H18ClNO. The van der Waals surface area contributed by atoms with Gasteiger partial charge in [0.1, 0.15) is 0 Å². The zero-order valence-electron chi connectivity index (χ0n) is 10.2. The van der Waals surface area contributed by atoms with E-state index in [1.54, 1.807) is 0 Å². The fourth-order valence-electron chi connectivity index (χ4n) is 1.39. The zero-order valence-corrected chi connectivity index (χ0v) is 10.9. The Labute approximate surface area is 102 Å². The molecule has 0 heterocycles. The second-order valence-electron chi connectivity index (χ2n) is 4.78. The highest BCUT2D eigenvalue weighted by Crippen LogP contribution is 2.22. The van der Waals surface area contributed by atoms with Crippen LogP contribution >= 0.6 is 11.6 Å². The molecule has 0 atom stereocenters. The number of carbonyl (C=O) groups excluding carboxylic acids is 1. The van der Waals surface area contributed by atoms with Gasteiger partial charge in [-0.15, -0.1) is 0 Å². The molecule has 0 aliphatic heterocycles. The molecule has 2 nitrogen and oxygen atoms in total. The van der Waals surface area contributed by atoms with Crippen LogP contribution in [0, 0.1) is 5.92 Å². The van der Waals surface area contributed by atoms with Crippen molar-refractivity contribution in [2.45, 2.75) is 33.2 Å². The summed E-state index contributed by atoms with van der Waals surface area (Å²) in [6.07, 6.45) is 0. The molecule has 0 radical (unpaired) electrons. The van der Waals surface area contributed by atoms with Crippen LogP contribution in [-0.2, 0) is 10.3 Å². The third kappa shape index (κ3) is 3.24. The molecule has 1 aromatic rings. The maximum atomic E-state index is 11.7. The molecule has 0 unspecified atom stereocenters. The van der Waals surface area contributed by atoms with Gasteiger partial charge in [-0.3, -0.25) is 4.79 Å². The van der Waals surface area contributed by atoms with E-state index in [4.69, 9.17) is 11.6 Å². The summed E-state index contributed by atoms with van der Waals surface area (Å²) >= 11 is 5.83. The van der Waals surface area contributed by atoms with Gasteiger partial charge in [-0.2, -0.15) is 0 Å². The number of rotatable bonds is 3. The van der Waals surface area contributed by atoms with Crippen molar-refractivity contribution in [3.63, 3.8) is 0 Å². The second kappa shape index (κ2) is 4.88. The van der Waals surface area contributed by atoms with Gasteiger partial charge in [0.15, 0.2) is 0 Å². The number of hydrogen-bond acceptors (Lipinski definition) is 1. The van der Waals surface area contributed by atoms with E-state index in [-0.39, 0.29) is 17.4 Å². The fourth-order valence-corrected chi connectivity index (χ4v) is 1.52. The summed E-state index contributed by atoms with van der Waals surface area (Å²) in [4.78, 5) is 11.7. The van der Waals surface area contributed by atoms with Gasteiger partial charge in [0.2, 0.25) is 5.91 Å². The Kier molecular flexibility index (Phi) is 3.98. The molecule has 0 spiro atoms. The van der Waals surface area contributed by atoms with Gasteiger partial charge in [-0.05, 0) is 31.5 Å². The van der Waals surface area contributed by atoms with Crippen molar-refractivity contribution in [2.75, 3.05) is 0 Å². The number of carbonyl (C=O) groups is 1. The lowest BCUT2D eigenvalue weighted by atomic mass is 9.93. The second-order valence-corrected chi connectivity index (χ2v) is 5.21. The van der Waals surface area contributed by atoms with E-state index >= 15 is 0 Å². The van der Waals surface area contributed by atoms with Crippen LogP contribution in [0.3, 0.4) is 0 Å². The van der Waals surface area contributed by atoms with Crippen LogP contribution in [0.15, 0.2) is 24.3 Å². The van der Waals surface area contributed by atoms with Crippen LogP contribution in [-0.4, -0.2) is 5.91 Å². The van der Waals surface area contributed by atoms with Crippen molar-refractivity contribution in [3.8, 4) is 0 Å². The Morgan fingerprint density at radius 2 is 1.75 bits per heavy atom. The molecule has 3 heteroatoms. The molecular weight excluding hydrogens is 222 g/mol. The van der Waals surface area contributed by atoms with E-state index < -0.39 is 0 Å². The Morgan fingerprint density at radius 3 is 2.19 bits per heavy atom. The van der Waals surface area contributed by atoms with Gasteiger partial charge in [-0.1, -0.05) is 37.6 Å². The lowest BCUT2D eigenvalue weighted by Gasteiger charge is -2.28. The van der Waals surface area contributed by atoms with Crippen molar-refractivity contribution in [3.05, 3.63) is 34.9 Å². The number of nitrogens with one attached hydrogen (secondary N) is 1. The first-order valence-electron chi connectivity index (χ1n) is 5.41. The molecule has 0 aliphatic rings. The van der Waals surface area contributed by atoms with Crippen LogP contribution in [0.1, 0.15) is 33.3 Å². The fraction of sp³-hybridized carbons (Fsp3) is 0.462. The van der Waals surface area contributed by atoms with E-state index in [1.807, 2.05) is 52.0 Å². The summed E-state index contributed by atoms with van der Waals surface area (Å²) in [5, 5.41) is 3.71. The number of hydrogen-bond donors (Lipinski definition) is 1. The van der Waals surface area contributed by atoms with E-state index in [0.29, 0.717) is 5.02 Å². The highest BCUT2D eigenvalue weighted by Gasteiger charge is 2.23. The summed E-state index contributed by atoms with van der Waals surface area (Å²) in [6.45, 7) is 7.73. The van der Waals surface area contributed by atoms with Gasteiger partial charge in [0.05, 0.1) is 5.54 Å². The molecule has 0 fully saturated rings. The molecule has 1 aromatic carbocycles. The maximum absolute atomic E-state index is 11.7. The predicted molar refractivity (Wildman–Crippen MR) is 67.5 cm³/mol. The van der Waals surface area contributed by atoms with Crippen LogP contribution < -0.4 is 5.32 Å². The van der Waals surface area contributed by atoms with Crippen molar-refractivity contribution in [1.82, 2.24) is 5.32 Å². The van der Waals surface area contributed by atoms with Crippen LogP contribution in [0.4, 0.5) is 0 Å². The Hall–Kier alpha value is -1.02. The first-order chi connectivity index (χ1) is 7.33. The SMILES string of the molecule is CC(C)C(=O)NC(C)(C)c1ccc(Cl)cc1. The highest BCUT2D eigenvalue weighted by molar-refractivity contribution is 6.30. The number of amides is 1. The molecule has 0 aromatic heterocycles. The first kappa shape index (κ1) is 13.0. The zero-order chi connectivity index (χ0) is 12.3. The minimum Gasteiger partial charge on any atom is -0.347 e. The van der Waals surface area contributed by atoms with Crippen molar-refractivity contribution >= 4 is 17.5 Å². The van der Waals surface area contributed by atoms with E-state index in [2.05, 4.69) is 5.32 Å². The summed E-state index contributed by atoms with van der Waals surface area (Å²) in [6, 6.07) is 7.53. The van der Waals surface area contributed by atoms with Gasteiger partial charge in [0.25, 0.3) is 0 Å². The average molecular weight is 240 g/mol. The minimum absolute atomic E-state index is 0.00780. The van der Waals surface area contributed by atoms with Gasteiger partial charge in [0, 0.05) is 10.9 Å². The summed E-state index contributed by atoms with van der Waals surface area (Å²) < 4.78 is 0. The topological polar surface area (TPSA) is 29.1 Å². The first-order valence-corrected chi connectivity index (χ1v) is 5.79. The Bertz CT molecular complexity index is 368. The molecule has 0 aliphatic carbocycles. The lowest BCUT2D eigenvalue weighted by Crippen LogP contribution is -2.42. The Balaban J connectivity index is 2.85. The van der Waals surface area contributed by atoms with E-state index in [1.165, 1.54) is 0 Å². The molecule has 1 rings (SSSR count). The Morgan fingerprint density at radius 1 is 1.25 bits per heavy atom. The molecule has 16 heavy (non-hydrogen) atoms. The van der Waals surface area contributed by atoms with Crippen LogP contribution in [0.25, 0.3) is 0 Å². The lowest BCUT2D eigenvalue weighted by molar-refractivity contribution is -0.125. The van der Waals surface area contributed by atoms with Gasteiger partial charge < -0.3 is 5.32 Å². The average Bonchev–Trinajstić information content (AvgIpc) is 2.17. The summed E-state index contributed by atoms with van der Waals surface area (Å²) in [5.41, 5.74) is 0.678. The van der Waals surface area contributed by atoms with E-state index in [0.717, 1.165) is 5.56 Å². The molecule has 1 N–H and O–H groups in total. The van der Waals surface area contributed by atoms with Crippen molar-refractivity contribution in [1.29, 1.82) is 0 Å². The molecule has 0 saturated heterocycles. The molecule has 0 saturated carbocycles. The standard InChI is InChI=1S/C13H18ClNO/c1-9(2)12(16)15-13(3,4)10-5-7-11(14)8-6-10/h5-9H,1-4H3,(H,15,16). The van der Waals surface area contributed by atoms with Crippen molar-refractivity contribution < 1.29 is 4.79 Å². The van der Waals surface area contributed by atoms with Crippen LogP contribution in [0.5, 0.6) is 0 Å². The van der Waals surface area contributed by atoms with E-state index in [9.17, 15) is 4.79 Å². The number of halogens is 1. The number of benzene rings is 1. The summed E-state index contributed by atoms with van der Waals surface area (Å²) in [5.74, 6) is 0.0477. The van der Waals surface area contributed by atoms with Crippen molar-refractivity contribution in [2.24, 2.45) is 5.92 Å². The third-order valence-corrected chi connectivity index (χ3v) is 2.78. The van der Waals surface area contributed by atoms with Gasteiger partial charge >= 0.3 is 0 Å². The predicted octanol–water partition coefficient (Wildman–Crippen LogP) is 3.35. The quantitative estimate of drug-likeness (QED) is 0.861. The largest absolute Gasteiger partial charge is 0.347 e. The molecule has 88 valence electrons. The van der Waals surface area contributed by atoms with Crippen LogP contribution in [0.2, 0.25) is 5.02 Å². The molecule has 0 bridgehead atoms. The molecule has 1 amide bonds. The smallest absolute Gasteiger partial charge is 0.223 e. The third-order valence-electron chi connectivity index (χ3n) is 2.53.